The Kier molecular flexibility index (Phi) is 7.02. The summed E-state index contributed by atoms with van der Waals surface area (Å²) >= 11 is 0. The predicted octanol–water partition coefficient (Wildman–Crippen LogP) is -1.18. The summed E-state index contributed by atoms with van der Waals surface area (Å²) in [5, 5.41) is 8.76. The third-order valence-corrected chi connectivity index (χ3v) is 0.929. The van der Waals surface area contributed by atoms with Crippen molar-refractivity contribution in [3.05, 3.63) is 0 Å². The average Bonchev–Trinajstić information content (AvgIpc) is 1.96. The summed E-state index contributed by atoms with van der Waals surface area (Å²) in [5.74, 6) is -0.272. The topological polar surface area (TPSA) is 62.4 Å². The van der Waals surface area contributed by atoms with Crippen molar-refractivity contribution in [2.45, 2.75) is 6.92 Å². The van der Waals surface area contributed by atoms with Crippen molar-refractivity contribution >= 4 is 5.97 Å². The minimum atomic E-state index is -0.272. The highest BCUT2D eigenvalue weighted by atomic mass is 16.5. The highest BCUT2D eigenvalue weighted by Gasteiger charge is 1.89. The number of ether oxygens (including phenoxy) is 1. The lowest BCUT2D eigenvalue weighted by Gasteiger charge is -2.05. The van der Waals surface area contributed by atoms with E-state index in [1.165, 1.54) is 6.92 Å². The average molecular weight is 161 g/mol. The normalized spacial score (nSPS) is 9.64. The molecule has 0 heterocycles. The van der Waals surface area contributed by atoms with Gasteiger partial charge < -0.3 is 10.1 Å². The maximum absolute atomic E-state index is 10.2. The first-order valence-electron chi connectivity index (χ1n) is 3.46. The maximum Gasteiger partial charge on any atom is 0.303 e. The van der Waals surface area contributed by atoms with E-state index >= 15 is 0 Å². The van der Waals surface area contributed by atoms with Gasteiger partial charge in [-0.05, 0) is 7.05 Å². The SMILES string of the molecule is CNCNCNCOC(C)=O. The summed E-state index contributed by atoms with van der Waals surface area (Å²) in [6.07, 6.45) is 0. The van der Waals surface area contributed by atoms with Crippen molar-refractivity contribution in [3.8, 4) is 0 Å². The van der Waals surface area contributed by atoms with Gasteiger partial charge in [-0.25, -0.2) is 0 Å². The minimum absolute atomic E-state index is 0.256. The third-order valence-electron chi connectivity index (χ3n) is 0.929. The molecule has 0 unspecified atom stereocenters. The zero-order valence-electron chi connectivity index (χ0n) is 6.94. The van der Waals surface area contributed by atoms with Gasteiger partial charge in [0.15, 0.2) is 0 Å². The first kappa shape index (κ1) is 10.3. The van der Waals surface area contributed by atoms with Crippen molar-refractivity contribution < 1.29 is 9.53 Å². The first-order valence-corrected chi connectivity index (χ1v) is 3.46. The van der Waals surface area contributed by atoms with Gasteiger partial charge in [0, 0.05) is 20.3 Å². The summed E-state index contributed by atoms with van der Waals surface area (Å²) in [5.41, 5.74) is 0. The van der Waals surface area contributed by atoms with Crippen molar-refractivity contribution in [2.75, 3.05) is 27.1 Å². The van der Waals surface area contributed by atoms with Gasteiger partial charge in [-0.15, -0.1) is 0 Å². The summed E-state index contributed by atoms with van der Waals surface area (Å²) in [6.45, 7) is 2.98. The Hall–Kier alpha value is -0.650. The Morgan fingerprint density at radius 3 is 2.64 bits per heavy atom. The standard InChI is InChI=1S/C6H15N3O2/c1-6(10)11-5-9-4-8-3-7-2/h7-9H,3-5H2,1-2H3. The molecule has 0 bridgehead atoms. The summed E-state index contributed by atoms with van der Waals surface area (Å²) in [7, 11) is 1.85. The molecular weight excluding hydrogens is 146 g/mol. The van der Waals surface area contributed by atoms with E-state index in [2.05, 4.69) is 20.7 Å². The molecule has 3 N–H and O–H groups in total. The third kappa shape index (κ3) is 9.35. The second-order valence-electron chi connectivity index (χ2n) is 1.99. The van der Waals surface area contributed by atoms with Crippen LogP contribution in [0.5, 0.6) is 0 Å². The molecule has 0 rings (SSSR count). The van der Waals surface area contributed by atoms with Crippen LogP contribution in [0.2, 0.25) is 0 Å². The van der Waals surface area contributed by atoms with Crippen LogP contribution in [-0.4, -0.2) is 33.1 Å². The van der Waals surface area contributed by atoms with Crippen LogP contribution in [0.25, 0.3) is 0 Å². The lowest BCUT2D eigenvalue weighted by atomic mass is 10.8. The molecule has 5 nitrogen and oxygen atoms in total. The Morgan fingerprint density at radius 2 is 2.09 bits per heavy atom. The fourth-order valence-corrected chi connectivity index (χ4v) is 0.480. The molecule has 0 aliphatic carbocycles. The first-order chi connectivity index (χ1) is 5.27. The number of rotatable bonds is 6. The fourth-order valence-electron chi connectivity index (χ4n) is 0.480. The molecule has 0 amide bonds. The van der Waals surface area contributed by atoms with E-state index in [0.29, 0.717) is 6.67 Å². The van der Waals surface area contributed by atoms with Crippen molar-refractivity contribution in [3.63, 3.8) is 0 Å². The molecule has 0 saturated heterocycles. The van der Waals surface area contributed by atoms with Gasteiger partial charge in [0.25, 0.3) is 0 Å². The summed E-state index contributed by atoms with van der Waals surface area (Å²) in [6, 6.07) is 0. The molecule has 0 aliphatic rings. The largest absolute Gasteiger partial charge is 0.450 e. The van der Waals surface area contributed by atoms with Crippen LogP contribution in [0.15, 0.2) is 0 Å². The molecule has 0 saturated carbocycles. The Morgan fingerprint density at radius 1 is 1.36 bits per heavy atom. The molecule has 5 heteroatoms. The van der Waals surface area contributed by atoms with Gasteiger partial charge in [0.05, 0.1) is 0 Å². The molecule has 0 aliphatic heterocycles. The number of nitrogens with one attached hydrogen (secondary N) is 3. The molecule has 0 spiro atoms. The molecule has 0 fully saturated rings. The number of carbonyl (C=O) groups excluding carboxylic acids is 1. The number of hydrogen-bond donors (Lipinski definition) is 3. The van der Waals surface area contributed by atoms with Crippen LogP contribution in [0, 0.1) is 0 Å². The van der Waals surface area contributed by atoms with Crippen molar-refractivity contribution in [1.29, 1.82) is 0 Å². The van der Waals surface area contributed by atoms with Gasteiger partial charge in [-0.2, -0.15) is 0 Å². The van der Waals surface area contributed by atoms with Gasteiger partial charge in [0.2, 0.25) is 0 Å². The van der Waals surface area contributed by atoms with Crippen LogP contribution in [0.3, 0.4) is 0 Å². The molecule has 0 aromatic rings. The highest BCUT2D eigenvalue weighted by Crippen LogP contribution is 1.69. The molecule has 0 atom stereocenters. The van der Waals surface area contributed by atoms with Gasteiger partial charge in [-0.3, -0.25) is 15.4 Å². The zero-order valence-corrected chi connectivity index (χ0v) is 6.94. The van der Waals surface area contributed by atoms with Crippen LogP contribution < -0.4 is 16.0 Å². The molecule has 11 heavy (non-hydrogen) atoms. The Balaban J connectivity index is 2.85. The van der Waals surface area contributed by atoms with Gasteiger partial charge in [-0.1, -0.05) is 0 Å². The highest BCUT2D eigenvalue weighted by molar-refractivity contribution is 5.65. The smallest absolute Gasteiger partial charge is 0.303 e. The second-order valence-corrected chi connectivity index (χ2v) is 1.99. The lowest BCUT2D eigenvalue weighted by molar-refractivity contribution is -0.141. The van der Waals surface area contributed by atoms with E-state index in [1.807, 2.05) is 7.05 Å². The van der Waals surface area contributed by atoms with Crippen LogP contribution in [0.4, 0.5) is 0 Å². The summed E-state index contributed by atoms with van der Waals surface area (Å²) < 4.78 is 4.61. The molecule has 0 radical (unpaired) electrons. The zero-order chi connectivity index (χ0) is 8.53. The van der Waals surface area contributed by atoms with Gasteiger partial charge in [0.1, 0.15) is 6.73 Å². The Bertz CT molecular complexity index is 108. The van der Waals surface area contributed by atoms with Gasteiger partial charge >= 0.3 is 5.97 Å². The van der Waals surface area contributed by atoms with Crippen LogP contribution in [-0.2, 0) is 9.53 Å². The molecule has 0 aromatic heterocycles. The van der Waals surface area contributed by atoms with Crippen molar-refractivity contribution in [2.24, 2.45) is 0 Å². The molecule has 66 valence electrons. The number of esters is 1. The number of hydrogen-bond acceptors (Lipinski definition) is 5. The van der Waals surface area contributed by atoms with E-state index < -0.39 is 0 Å². The Labute approximate surface area is 66.5 Å². The van der Waals surface area contributed by atoms with Crippen LogP contribution >= 0.6 is 0 Å². The van der Waals surface area contributed by atoms with E-state index in [0.717, 1.165) is 6.67 Å². The predicted molar refractivity (Wildman–Crippen MR) is 41.7 cm³/mol. The maximum atomic E-state index is 10.2. The molecular formula is C6H15N3O2. The van der Waals surface area contributed by atoms with E-state index in [9.17, 15) is 4.79 Å². The minimum Gasteiger partial charge on any atom is -0.450 e. The quantitative estimate of drug-likeness (QED) is 0.260. The second kappa shape index (κ2) is 7.46. The molecule has 0 aromatic carbocycles. The van der Waals surface area contributed by atoms with E-state index in [-0.39, 0.29) is 12.7 Å². The van der Waals surface area contributed by atoms with Crippen molar-refractivity contribution in [1.82, 2.24) is 16.0 Å². The lowest BCUT2D eigenvalue weighted by Crippen LogP contribution is -2.35. The number of carbonyl (C=O) groups is 1. The fraction of sp³-hybridized carbons (Fsp3) is 0.833. The van der Waals surface area contributed by atoms with E-state index in [4.69, 9.17) is 0 Å². The monoisotopic (exact) mass is 161 g/mol. The van der Waals surface area contributed by atoms with E-state index in [1.54, 1.807) is 0 Å². The summed E-state index contributed by atoms with van der Waals surface area (Å²) in [4.78, 5) is 10.2. The van der Waals surface area contributed by atoms with Crippen LogP contribution in [0.1, 0.15) is 6.92 Å².